The predicted molar refractivity (Wildman–Crippen MR) is 107 cm³/mol. The fourth-order valence-corrected chi connectivity index (χ4v) is 5.48. The Morgan fingerprint density at radius 1 is 1.34 bits per heavy atom. The van der Waals surface area contributed by atoms with E-state index in [-0.39, 0.29) is 22.6 Å². The second kappa shape index (κ2) is 8.93. The van der Waals surface area contributed by atoms with Gasteiger partial charge in [-0.1, -0.05) is 5.16 Å². The highest BCUT2D eigenvalue weighted by Gasteiger charge is 2.28. The maximum Gasteiger partial charge on any atom is 0.360 e. The topological polar surface area (TPSA) is 103 Å². The minimum atomic E-state index is -3.67. The van der Waals surface area contributed by atoms with Gasteiger partial charge < -0.3 is 13.7 Å². The van der Waals surface area contributed by atoms with Crippen LogP contribution in [0.3, 0.4) is 0 Å². The first-order valence-corrected chi connectivity index (χ1v) is 11.3. The molecule has 3 rings (SSSR count). The van der Waals surface area contributed by atoms with Crippen LogP contribution in [0.15, 0.2) is 49.7 Å². The highest BCUT2D eigenvalue weighted by molar-refractivity contribution is 7.91. The first-order chi connectivity index (χ1) is 13.8. The van der Waals surface area contributed by atoms with Gasteiger partial charge in [0.1, 0.15) is 9.97 Å². The van der Waals surface area contributed by atoms with E-state index in [4.69, 9.17) is 13.7 Å². The summed E-state index contributed by atoms with van der Waals surface area (Å²) in [6, 6.07) is 8.07. The number of rotatable bonds is 9. The number of sulfonamides is 1. The highest BCUT2D eigenvalue weighted by Crippen LogP contribution is 2.33. The van der Waals surface area contributed by atoms with E-state index in [9.17, 15) is 13.2 Å². The predicted octanol–water partition coefficient (Wildman–Crippen LogP) is 3.81. The lowest BCUT2D eigenvalue weighted by Gasteiger charge is -2.23. The number of carbonyl (C=O) groups is 1. The van der Waals surface area contributed by atoms with Crippen LogP contribution in [0.2, 0.25) is 0 Å². The molecule has 10 heteroatoms. The molecule has 3 aromatic heterocycles. The van der Waals surface area contributed by atoms with Crippen molar-refractivity contribution < 1.29 is 26.9 Å². The third kappa shape index (κ3) is 4.77. The molecule has 0 aliphatic carbocycles. The van der Waals surface area contributed by atoms with Gasteiger partial charge in [-0.3, -0.25) is 0 Å². The third-order valence-corrected chi connectivity index (χ3v) is 8.00. The van der Waals surface area contributed by atoms with Crippen molar-refractivity contribution in [2.45, 2.75) is 36.9 Å². The van der Waals surface area contributed by atoms with Gasteiger partial charge in [-0.15, -0.1) is 11.3 Å². The molecule has 0 aliphatic rings. The van der Waals surface area contributed by atoms with Gasteiger partial charge in [0.15, 0.2) is 11.5 Å². The number of aromatic nitrogens is 1. The Morgan fingerprint density at radius 3 is 2.83 bits per heavy atom. The van der Waals surface area contributed by atoms with Gasteiger partial charge in [0.25, 0.3) is 10.0 Å². The van der Waals surface area contributed by atoms with E-state index in [1.165, 1.54) is 16.4 Å². The van der Waals surface area contributed by atoms with Crippen molar-refractivity contribution in [1.82, 2.24) is 9.46 Å². The summed E-state index contributed by atoms with van der Waals surface area (Å²) in [7, 11) is -2.10. The Balaban J connectivity index is 1.71. The first kappa shape index (κ1) is 21.3. The fourth-order valence-electron chi connectivity index (χ4n) is 2.65. The van der Waals surface area contributed by atoms with E-state index < -0.39 is 16.0 Å². The Kier molecular flexibility index (Phi) is 6.56. The minimum Gasteiger partial charge on any atom is -0.469 e. The standard InChI is InChI=1S/C19H22N2O6S2/c1-4-25-19(22)15-12-16(27-20-15)17-9-10-18(28-17)29(23,24)21(3)13(2)7-8-14-6-5-11-26-14/h5-6,9-13H,4,7-8H2,1-3H3. The summed E-state index contributed by atoms with van der Waals surface area (Å²) in [6.07, 6.45) is 2.88. The first-order valence-electron chi connectivity index (χ1n) is 9.07. The third-order valence-electron chi connectivity index (χ3n) is 4.46. The second-order valence-electron chi connectivity index (χ2n) is 6.40. The quantitative estimate of drug-likeness (QED) is 0.468. The molecule has 0 bridgehead atoms. The van der Waals surface area contributed by atoms with Crippen LogP contribution >= 0.6 is 11.3 Å². The number of furan rings is 1. The monoisotopic (exact) mass is 438 g/mol. The van der Waals surface area contributed by atoms with Gasteiger partial charge in [-0.05, 0) is 44.5 Å². The largest absolute Gasteiger partial charge is 0.469 e. The molecule has 0 radical (unpaired) electrons. The van der Waals surface area contributed by atoms with Crippen LogP contribution < -0.4 is 0 Å². The zero-order valence-corrected chi connectivity index (χ0v) is 18.0. The van der Waals surface area contributed by atoms with Gasteiger partial charge in [-0.2, -0.15) is 4.31 Å². The molecule has 29 heavy (non-hydrogen) atoms. The number of hydrogen-bond donors (Lipinski definition) is 0. The lowest BCUT2D eigenvalue weighted by molar-refractivity contribution is 0.0514. The summed E-state index contributed by atoms with van der Waals surface area (Å²) in [5.74, 6) is 0.550. The van der Waals surface area contributed by atoms with Gasteiger partial charge in [0, 0.05) is 25.6 Å². The molecule has 0 saturated carbocycles. The normalized spacial score (nSPS) is 13.0. The molecular formula is C19H22N2O6S2. The molecule has 3 aromatic rings. The summed E-state index contributed by atoms with van der Waals surface area (Å²) in [5.41, 5.74) is 0.0447. The zero-order valence-electron chi connectivity index (χ0n) is 16.3. The Morgan fingerprint density at radius 2 is 2.14 bits per heavy atom. The van der Waals surface area contributed by atoms with Crippen molar-refractivity contribution in [3.8, 4) is 10.6 Å². The lowest BCUT2D eigenvalue weighted by Crippen LogP contribution is -2.35. The molecule has 0 aromatic carbocycles. The molecule has 1 atom stereocenters. The van der Waals surface area contributed by atoms with E-state index in [2.05, 4.69) is 5.16 Å². The summed E-state index contributed by atoms with van der Waals surface area (Å²) >= 11 is 1.06. The summed E-state index contributed by atoms with van der Waals surface area (Å²) in [4.78, 5) is 12.3. The van der Waals surface area contributed by atoms with Crippen molar-refractivity contribution in [1.29, 1.82) is 0 Å². The van der Waals surface area contributed by atoms with Crippen LogP contribution in [0.5, 0.6) is 0 Å². The van der Waals surface area contributed by atoms with E-state index in [0.717, 1.165) is 17.1 Å². The summed E-state index contributed by atoms with van der Waals surface area (Å²) < 4.78 is 42.8. The Hall–Kier alpha value is -2.43. The number of carbonyl (C=O) groups excluding carboxylic acids is 1. The number of hydrogen-bond acceptors (Lipinski definition) is 8. The van der Waals surface area contributed by atoms with Gasteiger partial charge >= 0.3 is 5.97 Å². The van der Waals surface area contributed by atoms with Crippen molar-refractivity contribution >= 4 is 27.3 Å². The molecule has 0 amide bonds. The maximum absolute atomic E-state index is 13.0. The van der Waals surface area contributed by atoms with Crippen molar-refractivity contribution in [3.63, 3.8) is 0 Å². The molecule has 1 unspecified atom stereocenters. The average molecular weight is 439 g/mol. The van der Waals surface area contributed by atoms with Crippen LogP contribution in [-0.2, 0) is 21.2 Å². The van der Waals surface area contributed by atoms with E-state index in [0.29, 0.717) is 23.5 Å². The summed E-state index contributed by atoms with van der Waals surface area (Å²) in [5, 5.41) is 3.68. The number of ether oxygens (including phenoxy) is 1. The second-order valence-corrected chi connectivity index (χ2v) is 9.71. The number of aryl methyl sites for hydroxylation is 1. The maximum atomic E-state index is 13.0. The van der Waals surface area contributed by atoms with E-state index in [1.54, 1.807) is 26.3 Å². The molecule has 0 N–H and O–H groups in total. The van der Waals surface area contributed by atoms with Crippen LogP contribution in [0.1, 0.15) is 36.5 Å². The highest BCUT2D eigenvalue weighted by atomic mass is 32.2. The minimum absolute atomic E-state index is 0.0447. The smallest absolute Gasteiger partial charge is 0.360 e. The number of esters is 1. The number of nitrogens with zero attached hydrogens (tertiary/aromatic N) is 2. The molecule has 0 aliphatic heterocycles. The lowest BCUT2D eigenvalue weighted by atomic mass is 10.1. The molecule has 156 valence electrons. The summed E-state index contributed by atoms with van der Waals surface area (Å²) in [6.45, 7) is 3.78. The van der Waals surface area contributed by atoms with Crippen LogP contribution in [0.4, 0.5) is 0 Å². The van der Waals surface area contributed by atoms with E-state index >= 15 is 0 Å². The van der Waals surface area contributed by atoms with Crippen molar-refractivity contribution in [2.24, 2.45) is 0 Å². The van der Waals surface area contributed by atoms with Crippen LogP contribution in [0.25, 0.3) is 10.6 Å². The molecule has 8 nitrogen and oxygen atoms in total. The van der Waals surface area contributed by atoms with Gasteiger partial charge in [0.05, 0.1) is 17.7 Å². The van der Waals surface area contributed by atoms with Gasteiger partial charge in [-0.25, -0.2) is 13.2 Å². The van der Waals surface area contributed by atoms with Crippen LogP contribution in [0, 0.1) is 0 Å². The Labute approximate surface area is 173 Å². The number of thiophene rings is 1. The SMILES string of the molecule is CCOC(=O)c1cc(-c2ccc(S(=O)(=O)N(C)C(C)CCc3ccco3)s2)on1. The molecule has 0 fully saturated rings. The van der Waals surface area contributed by atoms with E-state index in [1.807, 2.05) is 19.1 Å². The molecule has 0 spiro atoms. The fraction of sp³-hybridized carbons (Fsp3) is 0.368. The van der Waals surface area contributed by atoms with Crippen LogP contribution in [-0.4, -0.2) is 43.5 Å². The van der Waals surface area contributed by atoms with Gasteiger partial charge in [0.2, 0.25) is 0 Å². The average Bonchev–Trinajstić information content (AvgIpc) is 3.46. The molecular weight excluding hydrogens is 416 g/mol. The molecule has 3 heterocycles. The van der Waals surface area contributed by atoms with Crippen molar-refractivity contribution in [2.75, 3.05) is 13.7 Å². The zero-order chi connectivity index (χ0) is 21.0. The molecule has 0 saturated heterocycles. The Bertz CT molecular complexity index is 1050. The van der Waals surface area contributed by atoms with Crippen molar-refractivity contribution in [3.05, 3.63) is 48.0 Å².